The van der Waals surface area contributed by atoms with Crippen molar-refractivity contribution in [3.63, 3.8) is 0 Å². The maximum Gasteiger partial charge on any atom is 0.0685 e. The fourth-order valence-corrected chi connectivity index (χ4v) is 3.41. The summed E-state index contributed by atoms with van der Waals surface area (Å²) < 4.78 is 7.71. The van der Waals surface area contributed by atoms with Crippen LogP contribution in [0.3, 0.4) is 0 Å². The second-order valence-electron chi connectivity index (χ2n) is 5.88. The van der Waals surface area contributed by atoms with Crippen molar-refractivity contribution in [1.82, 2.24) is 4.57 Å². The molecule has 1 fully saturated rings. The predicted octanol–water partition coefficient (Wildman–Crippen LogP) is 2.26. The maximum absolute atomic E-state index is 6.18. The van der Waals surface area contributed by atoms with Gasteiger partial charge in [0.05, 0.1) is 24.6 Å². The Labute approximate surface area is 125 Å². The van der Waals surface area contributed by atoms with E-state index in [2.05, 4.69) is 46.1 Å². The summed E-state index contributed by atoms with van der Waals surface area (Å²) in [4.78, 5) is 2.41. The summed E-state index contributed by atoms with van der Waals surface area (Å²) in [7, 11) is 0. The Morgan fingerprint density at radius 2 is 1.81 bits per heavy atom. The van der Waals surface area contributed by atoms with E-state index in [0.29, 0.717) is 0 Å². The molecule has 0 amide bonds. The number of ether oxygens (including phenoxy) is 1. The minimum Gasteiger partial charge on any atom is -0.378 e. The Hall–Kier alpha value is -1.78. The lowest BCUT2D eigenvalue weighted by Gasteiger charge is -2.30. The van der Waals surface area contributed by atoms with Gasteiger partial charge in [-0.05, 0) is 36.1 Å². The lowest BCUT2D eigenvalue weighted by Crippen LogP contribution is -2.36. The van der Waals surface area contributed by atoms with Crippen LogP contribution in [-0.2, 0) is 11.2 Å². The number of aromatic nitrogens is 1. The third-order valence-corrected chi connectivity index (χ3v) is 4.58. The van der Waals surface area contributed by atoms with E-state index >= 15 is 0 Å². The van der Waals surface area contributed by atoms with Gasteiger partial charge < -0.3 is 19.9 Å². The summed E-state index contributed by atoms with van der Waals surface area (Å²) in [6.07, 6.45) is 6.65. The zero-order valence-corrected chi connectivity index (χ0v) is 12.2. The summed E-state index contributed by atoms with van der Waals surface area (Å²) in [5.74, 6) is 0. The number of fused-ring (bicyclic) bond motifs is 1. The fourth-order valence-electron chi connectivity index (χ4n) is 3.41. The van der Waals surface area contributed by atoms with E-state index < -0.39 is 0 Å². The third-order valence-electron chi connectivity index (χ3n) is 4.58. The molecule has 21 heavy (non-hydrogen) atoms. The zero-order chi connectivity index (χ0) is 14.2. The number of para-hydroxylation sites is 2. The smallest absolute Gasteiger partial charge is 0.0685 e. The molecule has 4 nitrogen and oxygen atoms in total. The molecule has 4 heteroatoms. The highest BCUT2D eigenvalue weighted by Crippen LogP contribution is 2.33. The topological polar surface area (TPSA) is 43.4 Å². The molecule has 4 rings (SSSR count). The highest BCUT2D eigenvalue weighted by atomic mass is 16.5. The molecule has 0 bridgehead atoms. The predicted molar refractivity (Wildman–Crippen MR) is 84.1 cm³/mol. The van der Waals surface area contributed by atoms with Crippen molar-refractivity contribution in [2.75, 3.05) is 31.2 Å². The van der Waals surface area contributed by atoms with E-state index in [4.69, 9.17) is 10.5 Å². The molecule has 0 spiro atoms. The number of benzene rings is 1. The van der Waals surface area contributed by atoms with Crippen molar-refractivity contribution in [3.8, 4) is 5.69 Å². The van der Waals surface area contributed by atoms with Crippen LogP contribution >= 0.6 is 0 Å². The van der Waals surface area contributed by atoms with Gasteiger partial charge in [0.2, 0.25) is 0 Å². The lowest BCUT2D eigenvalue weighted by molar-refractivity contribution is 0.122. The molecular formula is C17H21N3O. The summed E-state index contributed by atoms with van der Waals surface area (Å²) >= 11 is 0. The van der Waals surface area contributed by atoms with Crippen LogP contribution in [0.2, 0.25) is 0 Å². The van der Waals surface area contributed by atoms with Crippen LogP contribution < -0.4 is 10.6 Å². The number of hydrogen-bond acceptors (Lipinski definition) is 3. The second kappa shape index (κ2) is 5.20. The quantitative estimate of drug-likeness (QED) is 0.919. The normalized spacial score (nSPS) is 21.6. The van der Waals surface area contributed by atoms with E-state index in [-0.39, 0.29) is 6.04 Å². The maximum atomic E-state index is 6.18. The number of aryl methyl sites for hydroxylation is 1. The molecule has 0 saturated carbocycles. The Morgan fingerprint density at radius 3 is 2.57 bits per heavy atom. The molecule has 1 atom stereocenters. The molecule has 1 unspecified atom stereocenters. The summed E-state index contributed by atoms with van der Waals surface area (Å²) in [5.41, 5.74) is 11.4. The van der Waals surface area contributed by atoms with Crippen molar-refractivity contribution in [3.05, 3.63) is 47.8 Å². The minimum atomic E-state index is 0.205. The van der Waals surface area contributed by atoms with Gasteiger partial charge in [0.1, 0.15) is 0 Å². The van der Waals surface area contributed by atoms with E-state index in [1.54, 1.807) is 0 Å². The Balaban J connectivity index is 1.73. The molecule has 110 valence electrons. The summed E-state index contributed by atoms with van der Waals surface area (Å²) in [5, 5.41) is 0. The van der Waals surface area contributed by atoms with Gasteiger partial charge in [0.25, 0.3) is 0 Å². The molecule has 1 saturated heterocycles. The second-order valence-corrected chi connectivity index (χ2v) is 5.88. The molecule has 2 aromatic rings. The van der Waals surface area contributed by atoms with Crippen LogP contribution in [0.5, 0.6) is 0 Å². The van der Waals surface area contributed by atoms with Crippen molar-refractivity contribution < 1.29 is 4.74 Å². The Kier molecular flexibility index (Phi) is 3.20. The van der Waals surface area contributed by atoms with Gasteiger partial charge in [-0.15, -0.1) is 0 Å². The monoisotopic (exact) mass is 283 g/mol. The molecule has 1 aliphatic carbocycles. The number of nitrogens with zero attached hydrogens (tertiary/aromatic N) is 2. The van der Waals surface area contributed by atoms with Crippen LogP contribution in [0.1, 0.15) is 23.6 Å². The first-order valence-corrected chi connectivity index (χ1v) is 7.71. The van der Waals surface area contributed by atoms with Crippen LogP contribution in [0.4, 0.5) is 5.69 Å². The van der Waals surface area contributed by atoms with Crippen LogP contribution in [0, 0.1) is 0 Å². The zero-order valence-electron chi connectivity index (χ0n) is 12.2. The third kappa shape index (κ3) is 2.24. The lowest BCUT2D eigenvalue weighted by atomic mass is 10.2. The van der Waals surface area contributed by atoms with Gasteiger partial charge in [-0.2, -0.15) is 0 Å². The molecule has 2 aliphatic rings. The standard InChI is InChI=1S/C17H21N3O/c18-15-6-5-13-11-20(12-14(13)15)17-4-2-1-3-16(17)19-7-9-21-10-8-19/h1-4,11-12,15H,5-10,18H2. The van der Waals surface area contributed by atoms with E-state index in [9.17, 15) is 0 Å². The van der Waals surface area contributed by atoms with Gasteiger partial charge in [0.15, 0.2) is 0 Å². The van der Waals surface area contributed by atoms with E-state index in [1.807, 2.05) is 0 Å². The van der Waals surface area contributed by atoms with Crippen LogP contribution in [0.25, 0.3) is 5.69 Å². The first-order chi connectivity index (χ1) is 10.3. The molecular weight excluding hydrogens is 262 g/mol. The molecule has 2 heterocycles. The summed E-state index contributed by atoms with van der Waals surface area (Å²) in [6.45, 7) is 3.53. The number of rotatable bonds is 2. The number of nitrogens with two attached hydrogens (primary N) is 1. The molecule has 1 aromatic heterocycles. The van der Waals surface area contributed by atoms with Crippen LogP contribution in [-0.4, -0.2) is 30.9 Å². The van der Waals surface area contributed by atoms with Gasteiger partial charge in [-0.1, -0.05) is 12.1 Å². The first-order valence-electron chi connectivity index (χ1n) is 7.71. The molecule has 2 N–H and O–H groups in total. The molecule has 0 radical (unpaired) electrons. The van der Waals surface area contributed by atoms with Gasteiger partial charge in [0, 0.05) is 31.5 Å². The summed E-state index contributed by atoms with van der Waals surface area (Å²) in [6, 6.07) is 8.80. The van der Waals surface area contributed by atoms with Gasteiger partial charge in [-0.25, -0.2) is 0 Å². The largest absolute Gasteiger partial charge is 0.378 e. The SMILES string of the molecule is NC1CCc2cn(-c3ccccc3N3CCOCC3)cc21. The van der Waals surface area contributed by atoms with Crippen molar-refractivity contribution >= 4 is 5.69 Å². The highest BCUT2D eigenvalue weighted by Gasteiger charge is 2.22. The van der Waals surface area contributed by atoms with Crippen LogP contribution in [0.15, 0.2) is 36.7 Å². The Bertz CT molecular complexity index is 643. The fraction of sp³-hybridized carbons (Fsp3) is 0.412. The van der Waals surface area contributed by atoms with Crippen molar-refractivity contribution in [2.24, 2.45) is 5.73 Å². The number of hydrogen-bond donors (Lipinski definition) is 1. The molecule has 1 aliphatic heterocycles. The Morgan fingerprint density at radius 1 is 1.05 bits per heavy atom. The average Bonchev–Trinajstić information content (AvgIpc) is 3.11. The van der Waals surface area contributed by atoms with Crippen molar-refractivity contribution in [2.45, 2.75) is 18.9 Å². The first kappa shape index (κ1) is 12.9. The molecule has 1 aromatic carbocycles. The number of morpholine rings is 1. The average molecular weight is 283 g/mol. The van der Waals surface area contributed by atoms with E-state index in [1.165, 1.54) is 22.5 Å². The minimum absolute atomic E-state index is 0.205. The number of anilines is 1. The highest BCUT2D eigenvalue weighted by molar-refractivity contribution is 5.63. The van der Waals surface area contributed by atoms with Crippen molar-refractivity contribution in [1.29, 1.82) is 0 Å². The van der Waals surface area contributed by atoms with E-state index in [0.717, 1.165) is 39.1 Å². The van der Waals surface area contributed by atoms with Gasteiger partial charge in [-0.3, -0.25) is 0 Å². The van der Waals surface area contributed by atoms with Gasteiger partial charge >= 0.3 is 0 Å².